The fraction of sp³-hybridized carbons (Fsp3) is 0.647. The van der Waals surface area contributed by atoms with Gasteiger partial charge in [-0.15, -0.1) is 0 Å². The van der Waals surface area contributed by atoms with Crippen molar-refractivity contribution in [2.75, 3.05) is 33.3 Å². The van der Waals surface area contributed by atoms with Crippen LogP contribution in [0.1, 0.15) is 29.9 Å². The van der Waals surface area contributed by atoms with E-state index in [1.165, 1.54) is 43.6 Å². The number of aryl methyl sites for hydroxylation is 1. The molecule has 2 unspecified atom stereocenters. The van der Waals surface area contributed by atoms with Crippen LogP contribution in [0.25, 0.3) is 0 Å². The minimum absolute atomic E-state index is 0.429. The Labute approximate surface area is 122 Å². The van der Waals surface area contributed by atoms with Crippen LogP contribution in [0.5, 0.6) is 5.75 Å². The Kier molecular flexibility index (Phi) is 3.99. The maximum Gasteiger partial charge on any atom is 0.122 e. The van der Waals surface area contributed by atoms with Crippen LogP contribution in [0.3, 0.4) is 0 Å². The Hall–Kier alpha value is -1.06. The molecule has 3 heterocycles. The zero-order valence-corrected chi connectivity index (χ0v) is 12.6. The molecule has 0 radical (unpaired) electrons. The van der Waals surface area contributed by atoms with Crippen molar-refractivity contribution in [2.24, 2.45) is 17.6 Å². The van der Waals surface area contributed by atoms with Gasteiger partial charge in [-0.3, -0.25) is 0 Å². The lowest BCUT2D eigenvalue weighted by atomic mass is 9.70. The molecule has 0 saturated carbocycles. The van der Waals surface area contributed by atoms with Crippen LogP contribution in [0.2, 0.25) is 0 Å². The number of fused-ring (bicyclic) bond motifs is 3. The van der Waals surface area contributed by atoms with E-state index in [9.17, 15) is 0 Å². The minimum Gasteiger partial charge on any atom is -0.496 e. The normalized spacial score (nSPS) is 30.2. The Morgan fingerprint density at radius 3 is 2.65 bits per heavy atom. The molecule has 2 atom stereocenters. The van der Waals surface area contributed by atoms with E-state index in [0.29, 0.717) is 11.8 Å². The van der Waals surface area contributed by atoms with E-state index in [-0.39, 0.29) is 0 Å². The molecular formula is C17H26N2O. The molecule has 2 bridgehead atoms. The summed E-state index contributed by atoms with van der Waals surface area (Å²) in [5.74, 6) is 2.97. The third kappa shape index (κ3) is 2.45. The monoisotopic (exact) mass is 274 g/mol. The minimum atomic E-state index is 0.429. The van der Waals surface area contributed by atoms with E-state index in [0.717, 1.165) is 18.2 Å². The molecule has 3 nitrogen and oxygen atoms in total. The van der Waals surface area contributed by atoms with E-state index >= 15 is 0 Å². The molecule has 110 valence electrons. The Morgan fingerprint density at radius 1 is 1.35 bits per heavy atom. The van der Waals surface area contributed by atoms with Gasteiger partial charge in [-0.25, -0.2) is 0 Å². The van der Waals surface area contributed by atoms with Gasteiger partial charge in [0, 0.05) is 12.5 Å². The topological polar surface area (TPSA) is 38.5 Å². The lowest BCUT2D eigenvalue weighted by Gasteiger charge is -2.48. The first-order valence-electron chi connectivity index (χ1n) is 7.80. The third-order valence-electron chi connectivity index (χ3n) is 5.26. The zero-order chi connectivity index (χ0) is 14.1. The highest BCUT2D eigenvalue weighted by Gasteiger charge is 2.39. The number of hydrogen-bond acceptors (Lipinski definition) is 3. The average molecular weight is 274 g/mol. The van der Waals surface area contributed by atoms with Gasteiger partial charge in [0.05, 0.1) is 7.11 Å². The van der Waals surface area contributed by atoms with Gasteiger partial charge in [-0.2, -0.15) is 0 Å². The van der Waals surface area contributed by atoms with E-state index in [4.69, 9.17) is 10.5 Å². The quantitative estimate of drug-likeness (QED) is 0.916. The van der Waals surface area contributed by atoms with Gasteiger partial charge in [0.1, 0.15) is 5.75 Å². The molecule has 0 aliphatic carbocycles. The van der Waals surface area contributed by atoms with E-state index in [1.807, 2.05) is 0 Å². The van der Waals surface area contributed by atoms with Crippen LogP contribution in [0, 0.1) is 18.8 Å². The number of benzene rings is 1. The smallest absolute Gasteiger partial charge is 0.122 e. The fourth-order valence-corrected chi connectivity index (χ4v) is 4.14. The van der Waals surface area contributed by atoms with Crippen LogP contribution < -0.4 is 10.5 Å². The number of nitrogens with zero attached hydrogens (tertiary/aromatic N) is 1. The molecule has 3 aliphatic rings. The first kappa shape index (κ1) is 13.9. The second-order valence-electron chi connectivity index (χ2n) is 6.39. The standard InChI is InChI=1S/C17H26N2O/c1-12-3-4-17(20-2)14(9-12)15(10-18)16-11-19-7-5-13(16)6-8-19/h3-4,9,13,15-16H,5-8,10-11,18H2,1-2H3. The van der Waals surface area contributed by atoms with Crippen molar-refractivity contribution in [1.82, 2.24) is 4.90 Å². The first-order valence-corrected chi connectivity index (χ1v) is 7.80. The van der Waals surface area contributed by atoms with Gasteiger partial charge < -0.3 is 15.4 Å². The summed E-state index contributed by atoms with van der Waals surface area (Å²) in [7, 11) is 1.76. The second kappa shape index (κ2) is 5.74. The summed E-state index contributed by atoms with van der Waals surface area (Å²) in [4.78, 5) is 2.61. The number of piperidine rings is 3. The maximum absolute atomic E-state index is 6.17. The zero-order valence-electron chi connectivity index (χ0n) is 12.6. The van der Waals surface area contributed by atoms with Gasteiger partial charge in [0.25, 0.3) is 0 Å². The second-order valence-corrected chi connectivity index (χ2v) is 6.39. The number of hydrogen-bond donors (Lipinski definition) is 1. The van der Waals surface area contributed by atoms with Crippen LogP contribution >= 0.6 is 0 Å². The van der Waals surface area contributed by atoms with Gasteiger partial charge >= 0.3 is 0 Å². The molecule has 0 amide bonds. The van der Waals surface area contributed by atoms with Crippen LogP contribution in [0.4, 0.5) is 0 Å². The predicted octanol–water partition coefficient (Wildman–Crippen LogP) is 2.39. The maximum atomic E-state index is 6.17. The van der Waals surface area contributed by atoms with Crippen LogP contribution in [-0.4, -0.2) is 38.2 Å². The molecule has 20 heavy (non-hydrogen) atoms. The Morgan fingerprint density at radius 2 is 2.10 bits per heavy atom. The summed E-state index contributed by atoms with van der Waals surface area (Å²) in [5.41, 5.74) is 8.77. The summed E-state index contributed by atoms with van der Waals surface area (Å²) < 4.78 is 5.58. The SMILES string of the molecule is COc1ccc(C)cc1C(CN)C1CN2CCC1CC2. The summed E-state index contributed by atoms with van der Waals surface area (Å²) in [6.45, 7) is 6.64. The van der Waals surface area contributed by atoms with Gasteiger partial charge in [0.2, 0.25) is 0 Å². The molecule has 4 rings (SSSR count). The number of rotatable bonds is 4. The fourth-order valence-electron chi connectivity index (χ4n) is 4.14. The summed E-state index contributed by atoms with van der Waals surface area (Å²) >= 11 is 0. The predicted molar refractivity (Wildman–Crippen MR) is 82.2 cm³/mol. The molecular weight excluding hydrogens is 248 g/mol. The third-order valence-corrected chi connectivity index (χ3v) is 5.26. The highest BCUT2D eigenvalue weighted by molar-refractivity contribution is 5.40. The molecule has 3 fully saturated rings. The van der Waals surface area contributed by atoms with Crippen molar-refractivity contribution >= 4 is 0 Å². The van der Waals surface area contributed by atoms with Crippen LogP contribution in [-0.2, 0) is 0 Å². The number of nitrogens with two attached hydrogens (primary N) is 1. The Balaban J connectivity index is 1.91. The molecule has 0 spiro atoms. The Bertz CT molecular complexity index is 466. The van der Waals surface area contributed by atoms with Crippen molar-refractivity contribution in [1.29, 1.82) is 0 Å². The lowest BCUT2D eigenvalue weighted by molar-refractivity contribution is 0.0375. The van der Waals surface area contributed by atoms with Crippen molar-refractivity contribution in [3.63, 3.8) is 0 Å². The molecule has 1 aromatic rings. The number of ether oxygens (including phenoxy) is 1. The summed E-state index contributed by atoms with van der Waals surface area (Å²) in [6.07, 6.45) is 2.69. The molecule has 1 aromatic carbocycles. The van der Waals surface area contributed by atoms with E-state index in [2.05, 4.69) is 30.0 Å². The lowest BCUT2D eigenvalue weighted by Crippen LogP contribution is -2.50. The largest absolute Gasteiger partial charge is 0.496 e. The average Bonchev–Trinajstić information content (AvgIpc) is 2.50. The van der Waals surface area contributed by atoms with Gasteiger partial charge in [0.15, 0.2) is 0 Å². The van der Waals surface area contributed by atoms with E-state index < -0.39 is 0 Å². The number of methoxy groups -OCH3 is 1. The van der Waals surface area contributed by atoms with Crippen molar-refractivity contribution in [3.8, 4) is 5.75 Å². The summed E-state index contributed by atoms with van der Waals surface area (Å²) in [6, 6.07) is 6.48. The van der Waals surface area contributed by atoms with Crippen molar-refractivity contribution < 1.29 is 4.74 Å². The molecule has 3 saturated heterocycles. The highest BCUT2D eigenvalue weighted by Crippen LogP contribution is 2.42. The van der Waals surface area contributed by atoms with Crippen molar-refractivity contribution in [3.05, 3.63) is 29.3 Å². The van der Waals surface area contributed by atoms with Gasteiger partial charge in [-0.1, -0.05) is 17.7 Å². The molecule has 3 heteroatoms. The van der Waals surface area contributed by atoms with Crippen molar-refractivity contribution in [2.45, 2.75) is 25.7 Å². The highest BCUT2D eigenvalue weighted by atomic mass is 16.5. The first-order chi connectivity index (χ1) is 9.72. The van der Waals surface area contributed by atoms with E-state index in [1.54, 1.807) is 7.11 Å². The summed E-state index contributed by atoms with van der Waals surface area (Å²) in [5, 5.41) is 0. The molecule has 2 N–H and O–H groups in total. The molecule has 0 aromatic heterocycles. The molecule has 3 aliphatic heterocycles. The van der Waals surface area contributed by atoms with Crippen LogP contribution in [0.15, 0.2) is 18.2 Å². The van der Waals surface area contributed by atoms with Gasteiger partial charge in [-0.05, 0) is 62.9 Å².